The number of carbonyl (C=O) groups is 1. The summed E-state index contributed by atoms with van der Waals surface area (Å²) in [6.07, 6.45) is 1.58. The number of hydrogen-bond donors (Lipinski definition) is 1. The van der Waals surface area contributed by atoms with Gasteiger partial charge in [0.25, 0.3) is 15.9 Å². The van der Waals surface area contributed by atoms with Crippen LogP contribution in [0.1, 0.15) is 9.67 Å². The Hall–Kier alpha value is -2.23. The SMILES string of the molecule is CN(c1ccccc1)S(=O)(=O)c1csc(C(=O)Nc2nccs2)c1. The molecule has 0 aliphatic rings. The molecule has 2 heterocycles. The molecule has 124 valence electrons. The van der Waals surface area contributed by atoms with Crippen LogP contribution in [0.2, 0.25) is 0 Å². The molecule has 0 fully saturated rings. The fraction of sp³-hybridized carbons (Fsp3) is 0.0667. The first-order valence-corrected chi connectivity index (χ1v) is 10.0. The van der Waals surface area contributed by atoms with Crippen molar-refractivity contribution in [3.05, 3.63) is 58.2 Å². The average molecular weight is 379 g/mol. The Bertz CT molecular complexity index is 935. The van der Waals surface area contributed by atoms with Crippen molar-refractivity contribution in [1.82, 2.24) is 4.98 Å². The van der Waals surface area contributed by atoms with Crippen molar-refractivity contribution in [2.24, 2.45) is 0 Å². The van der Waals surface area contributed by atoms with Crippen molar-refractivity contribution in [1.29, 1.82) is 0 Å². The largest absolute Gasteiger partial charge is 0.297 e. The number of rotatable bonds is 5. The minimum atomic E-state index is -3.72. The maximum atomic E-state index is 12.7. The number of anilines is 2. The highest BCUT2D eigenvalue weighted by atomic mass is 32.2. The lowest BCUT2D eigenvalue weighted by atomic mass is 10.3. The molecule has 1 amide bonds. The number of amides is 1. The number of thiazole rings is 1. The van der Waals surface area contributed by atoms with Gasteiger partial charge in [0.05, 0.1) is 15.5 Å². The summed E-state index contributed by atoms with van der Waals surface area (Å²) in [5.74, 6) is -0.376. The quantitative estimate of drug-likeness (QED) is 0.738. The Morgan fingerprint density at radius 3 is 2.62 bits per heavy atom. The van der Waals surface area contributed by atoms with Crippen LogP contribution in [0.15, 0.2) is 58.3 Å². The van der Waals surface area contributed by atoms with Crippen molar-refractivity contribution >= 4 is 49.4 Å². The van der Waals surface area contributed by atoms with Gasteiger partial charge in [-0.3, -0.25) is 14.4 Å². The Morgan fingerprint density at radius 2 is 1.96 bits per heavy atom. The van der Waals surface area contributed by atoms with E-state index in [9.17, 15) is 13.2 Å². The molecule has 1 N–H and O–H groups in total. The fourth-order valence-electron chi connectivity index (χ4n) is 1.95. The molecule has 0 atom stereocenters. The topological polar surface area (TPSA) is 79.4 Å². The Morgan fingerprint density at radius 1 is 1.21 bits per heavy atom. The van der Waals surface area contributed by atoms with E-state index in [2.05, 4.69) is 10.3 Å². The predicted octanol–water partition coefficient (Wildman–Crippen LogP) is 3.28. The zero-order chi connectivity index (χ0) is 17.2. The van der Waals surface area contributed by atoms with Crippen LogP contribution in [-0.4, -0.2) is 26.4 Å². The van der Waals surface area contributed by atoms with E-state index in [-0.39, 0.29) is 10.8 Å². The summed E-state index contributed by atoms with van der Waals surface area (Å²) in [7, 11) is -2.23. The number of sulfonamides is 1. The van der Waals surface area contributed by atoms with Crippen LogP contribution in [0, 0.1) is 0 Å². The lowest BCUT2D eigenvalue weighted by Crippen LogP contribution is -2.26. The van der Waals surface area contributed by atoms with E-state index in [1.165, 1.54) is 34.1 Å². The third-order valence-electron chi connectivity index (χ3n) is 3.23. The van der Waals surface area contributed by atoms with Gasteiger partial charge in [0.15, 0.2) is 5.13 Å². The number of hydrogen-bond acceptors (Lipinski definition) is 6. The summed E-state index contributed by atoms with van der Waals surface area (Å²) in [4.78, 5) is 16.5. The molecule has 24 heavy (non-hydrogen) atoms. The molecule has 2 aromatic heterocycles. The molecule has 6 nitrogen and oxygen atoms in total. The average Bonchev–Trinajstić information content (AvgIpc) is 3.26. The van der Waals surface area contributed by atoms with E-state index in [1.54, 1.807) is 35.8 Å². The van der Waals surface area contributed by atoms with E-state index in [0.717, 1.165) is 11.3 Å². The van der Waals surface area contributed by atoms with Gasteiger partial charge in [-0.15, -0.1) is 22.7 Å². The monoisotopic (exact) mass is 379 g/mol. The molecule has 0 saturated carbocycles. The molecule has 1 aromatic carbocycles. The van der Waals surface area contributed by atoms with Crippen LogP contribution in [0.4, 0.5) is 10.8 Å². The van der Waals surface area contributed by atoms with Crippen LogP contribution in [0.5, 0.6) is 0 Å². The van der Waals surface area contributed by atoms with Gasteiger partial charge in [-0.25, -0.2) is 13.4 Å². The zero-order valence-corrected chi connectivity index (χ0v) is 15.0. The van der Waals surface area contributed by atoms with E-state index in [4.69, 9.17) is 0 Å². The van der Waals surface area contributed by atoms with Gasteiger partial charge in [0.1, 0.15) is 0 Å². The third-order valence-corrected chi connectivity index (χ3v) is 6.76. The second kappa shape index (κ2) is 6.71. The Balaban J connectivity index is 1.83. The Labute approximate surface area is 147 Å². The highest BCUT2D eigenvalue weighted by Crippen LogP contribution is 2.26. The second-order valence-electron chi connectivity index (χ2n) is 4.75. The third kappa shape index (κ3) is 3.32. The standard InChI is InChI=1S/C15H13N3O3S3/c1-18(11-5-3-2-4-6-11)24(20,21)12-9-13(23-10-12)14(19)17-15-16-7-8-22-15/h2-10H,1H3,(H,16,17,19). The summed E-state index contributed by atoms with van der Waals surface area (Å²) in [6.45, 7) is 0. The summed E-state index contributed by atoms with van der Waals surface area (Å²) in [6, 6.07) is 10.1. The van der Waals surface area contributed by atoms with E-state index < -0.39 is 10.0 Å². The van der Waals surface area contributed by atoms with Crippen LogP contribution in [0.3, 0.4) is 0 Å². The summed E-state index contributed by atoms with van der Waals surface area (Å²) >= 11 is 2.37. The van der Waals surface area contributed by atoms with Crippen molar-refractivity contribution in [3.63, 3.8) is 0 Å². The van der Waals surface area contributed by atoms with Crippen molar-refractivity contribution in [2.75, 3.05) is 16.7 Å². The molecule has 0 radical (unpaired) electrons. The van der Waals surface area contributed by atoms with Gasteiger partial charge < -0.3 is 0 Å². The number of aromatic nitrogens is 1. The van der Waals surface area contributed by atoms with Crippen molar-refractivity contribution < 1.29 is 13.2 Å². The van der Waals surface area contributed by atoms with Crippen molar-refractivity contribution in [2.45, 2.75) is 4.90 Å². The van der Waals surface area contributed by atoms with E-state index in [0.29, 0.717) is 15.7 Å². The molecule has 3 aromatic rings. The minimum Gasteiger partial charge on any atom is -0.297 e. The minimum absolute atomic E-state index is 0.0862. The molecule has 0 spiro atoms. The molecular weight excluding hydrogens is 366 g/mol. The predicted molar refractivity (Wildman–Crippen MR) is 96.4 cm³/mol. The highest BCUT2D eigenvalue weighted by Gasteiger charge is 2.24. The first-order chi connectivity index (χ1) is 11.5. The lowest BCUT2D eigenvalue weighted by molar-refractivity contribution is 0.103. The lowest BCUT2D eigenvalue weighted by Gasteiger charge is -2.18. The molecule has 0 aliphatic heterocycles. The van der Waals surface area contributed by atoms with E-state index >= 15 is 0 Å². The molecule has 0 unspecified atom stereocenters. The maximum Gasteiger partial charge on any atom is 0.267 e. The summed E-state index contributed by atoms with van der Waals surface area (Å²) in [5, 5.41) is 6.31. The molecule has 3 rings (SSSR count). The molecule has 0 aliphatic carbocycles. The zero-order valence-electron chi connectivity index (χ0n) is 12.5. The number of nitrogens with zero attached hydrogens (tertiary/aromatic N) is 2. The fourth-order valence-corrected chi connectivity index (χ4v) is 4.83. The molecular formula is C15H13N3O3S3. The molecule has 9 heteroatoms. The first-order valence-electron chi connectivity index (χ1n) is 6.82. The normalized spacial score (nSPS) is 11.2. The number of benzene rings is 1. The smallest absolute Gasteiger partial charge is 0.267 e. The number of carbonyl (C=O) groups excluding carboxylic acids is 1. The van der Waals surface area contributed by atoms with Crippen LogP contribution < -0.4 is 9.62 Å². The number of nitrogens with one attached hydrogen (secondary N) is 1. The molecule has 0 saturated heterocycles. The number of thiophene rings is 1. The summed E-state index contributed by atoms with van der Waals surface area (Å²) in [5.41, 5.74) is 0.553. The van der Waals surface area contributed by atoms with Gasteiger partial charge in [0.2, 0.25) is 0 Å². The van der Waals surface area contributed by atoms with Gasteiger partial charge in [-0.1, -0.05) is 18.2 Å². The maximum absolute atomic E-state index is 12.7. The van der Waals surface area contributed by atoms with E-state index in [1.807, 2.05) is 6.07 Å². The Kier molecular flexibility index (Phi) is 4.65. The first kappa shape index (κ1) is 16.6. The van der Waals surface area contributed by atoms with Gasteiger partial charge in [-0.2, -0.15) is 0 Å². The van der Waals surface area contributed by atoms with Crippen LogP contribution in [-0.2, 0) is 10.0 Å². The van der Waals surface area contributed by atoms with Crippen molar-refractivity contribution in [3.8, 4) is 0 Å². The van der Waals surface area contributed by atoms with Gasteiger partial charge >= 0.3 is 0 Å². The van der Waals surface area contributed by atoms with Crippen LogP contribution >= 0.6 is 22.7 Å². The summed E-state index contributed by atoms with van der Waals surface area (Å²) < 4.78 is 26.5. The van der Waals surface area contributed by atoms with Crippen LogP contribution in [0.25, 0.3) is 0 Å². The molecule has 0 bridgehead atoms. The van der Waals surface area contributed by atoms with Gasteiger partial charge in [0, 0.05) is 24.0 Å². The highest BCUT2D eigenvalue weighted by molar-refractivity contribution is 7.93. The number of para-hydroxylation sites is 1. The second-order valence-corrected chi connectivity index (χ2v) is 8.52. The van der Waals surface area contributed by atoms with Gasteiger partial charge in [-0.05, 0) is 18.2 Å².